The minimum Gasteiger partial charge on any atom is -0.322 e. The molecule has 154 valence electrons. The lowest BCUT2D eigenvalue weighted by molar-refractivity contribution is 0.225. The monoisotopic (exact) mass is 400 g/mol. The second-order valence-electron chi connectivity index (χ2n) is 9.39. The highest BCUT2D eigenvalue weighted by atomic mass is 32.3. The SMILES string of the molecule is CCCC(C)(C)S(C)(C)OC(C)(C)S(C)(C)CCc1ccc(CC)cc1. The van der Waals surface area contributed by atoms with Gasteiger partial charge in [-0.3, -0.25) is 0 Å². The van der Waals surface area contributed by atoms with Gasteiger partial charge in [0.15, 0.2) is 0 Å². The summed E-state index contributed by atoms with van der Waals surface area (Å²) in [5, 5.41) is 0. The van der Waals surface area contributed by atoms with Crippen molar-refractivity contribution in [2.24, 2.45) is 0 Å². The summed E-state index contributed by atoms with van der Waals surface area (Å²) < 4.78 is 7.21. The first-order chi connectivity index (χ1) is 11.8. The molecule has 1 rings (SSSR count). The molecule has 0 aliphatic carbocycles. The van der Waals surface area contributed by atoms with Gasteiger partial charge in [0, 0.05) is 4.75 Å². The Morgan fingerprint density at radius 3 is 1.81 bits per heavy atom. The van der Waals surface area contributed by atoms with Crippen LogP contribution in [0.4, 0.5) is 0 Å². The van der Waals surface area contributed by atoms with Gasteiger partial charge in [0.1, 0.15) is 4.93 Å². The zero-order valence-electron chi connectivity index (χ0n) is 19.1. The second-order valence-corrected chi connectivity index (χ2v) is 17.6. The van der Waals surface area contributed by atoms with Crippen molar-refractivity contribution >= 4 is 20.3 Å². The van der Waals surface area contributed by atoms with Crippen LogP contribution in [0.5, 0.6) is 0 Å². The van der Waals surface area contributed by atoms with Gasteiger partial charge in [0.05, 0.1) is 0 Å². The van der Waals surface area contributed by atoms with Gasteiger partial charge in [-0.1, -0.05) is 58.4 Å². The van der Waals surface area contributed by atoms with Crippen LogP contribution in [0.2, 0.25) is 0 Å². The highest BCUT2D eigenvalue weighted by Gasteiger charge is 2.42. The van der Waals surface area contributed by atoms with Crippen LogP contribution in [-0.4, -0.2) is 40.5 Å². The third kappa shape index (κ3) is 5.94. The number of aryl methyl sites for hydroxylation is 2. The van der Waals surface area contributed by atoms with E-state index in [9.17, 15) is 0 Å². The summed E-state index contributed by atoms with van der Waals surface area (Å²) in [6.07, 6.45) is 14.3. The Bertz CT molecular complexity index is 556. The van der Waals surface area contributed by atoms with E-state index >= 15 is 0 Å². The molecule has 3 heteroatoms. The summed E-state index contributed by atoms with van der Waals surface area (Å²) >= 11 is 0. The molecule has 0 fully saturated rings. The van der Waals surface area contributed by atoms with Crippen LogP contribution in [0.3, 0.4) is 0 Å². The summed E-state index contributed by atoms with van der Waals surface area (Å²) in [6, 6.07) is 9.17. The molecule has 0 atom stereocenters. The maximum Gasteiger partial charge on any atom is 0.105 e. The van der Waals surface area contributed by atoms with Gasteiger partial charge in [-0.2, -0.15) is 0 Å². The zero-order chi connectivity index (χ0) is 20.2. The van der Waals surface area contributed by atoms with Crippen molar-refractivity contribution in [2.45, 2.75) is 76.9 Å². The summed E-state index contributed by atoms with van der Waals surface area (Å²) in [5.41, 5.74) is 2.88. The Morgan fingerprint density at radius 1 is 0.846 bits per heavy atom. The average Bonchev–Trinajstić information content (AvgIpc) is 2.52. The Hall–Kier alpha value is -0.120. The Labute approximate surface area is 167 Å². The maximum atomic E-state index is 6.95. The van der Waals surface area contributed by atoms with E-state index in [4.69, 9.17) is 4.18 Å². The number of benzene rings is 1. The molecule has 1 aromatic carbocycles. The van der Waals surface area contributed by atoms with Crippen molar-refractivity contribution in [3.05, 3.63) is 35.4 Å². The molecule has 1 nitrogen and oxygen atoms in total. The summed E-state index contributed by atoms with van der Waals surface area (Å²) in [7, 11) is -2.02. The van der Waals surface area contributed by atoms with Crippen LogP contribution < -0.4 is 0 Å². The van der Waals surface area contributed by atoms with Crippen molar-refractivity contribution in [3.63, 3.8) is 0 Å². The van der Waals surface area contributed by atoms with E-state index in [0.29, 0.717) is 0 Å². The smallest absolute Gasteiger partial charge is 0.105 e. The third-order valence-electron chi connectivity index (χ3n) is 6.25. The van der Waals surface area contributed by atoms with E-state index in [1.54, 1.807) is 0 Å². The number of rotatable bonds is 10. The Morgan fingerprint density at radius 2 is 1.35 bits per heavy atom. The largest absolute Gasteiger partial charge is 0.322 e. The van der Waals surface area contributed by atoms with Crippen LogP contribution >= 0.6 is 20.3 Å². The summed E-state index contributed by atoms with van der Waals surface area (Å²) in [4.78, 5) is -0.0692. The normalized spacial score (nSPS) is 15.2. The summed E-state index contributed by atoms with van der Waals surface area (Å²) in [6.45, 7) is 13.9. The first-order valence-electron chi connectivity index (χ1n) is 10.00. The lowest BCUT2D eigenvalue weighted by atomic mass is 10.1. The molecule has 0 aliphatic heterocycles. The van der Waals surface area contributed by atoms with Gasteiger partial charge < -0.3 is 4.18 Å². The highest BCUT2D eigenvalue weighted by molar-refractivity contribution is 8.34. The predicted octanol–water partition coefficient (Wildman–Crippen LogP) is 7.17. The quantitative estimate of drug-likeness (QED) is 0.404. The molecule has 0 aliphatic rings. The third-order valence-corrected chi connectivity index (χ3v) is 14.0. The predicted molar refractivity (Wildman–Crippen MR) is 127 cm³/mol. The minimum atomic E-state index is -1.13. The van der Waals surface area contributed by atoms with Gasteiger partial charge in [-0.05, 0) is 75.0 Å². The van der Waals surface area contributed by atoms with E-state index in [1.807, 2.05) is 0 Å². The molecule has 0 saturated heterocycles. The summed E-state index contributed by atoms with van der Waals surface area (Å²) in [5.74, 6) is 1.22. The van der Waals surface area contributed by atoms with Crippen molar-refractivity contribution < 1.29 is 4.18 Å². The highest BCUT2D eigenvalue weighted by Crippen LogP contribution is 2.65. The van der Waals surface area contributed by atoms with Gasteiger partial charge >= 0.3 is 0 Å². The van der Waals surface area contributed by atoms with E-state index in [0.717, 1.165) is 12.8 Å². The van der Waals surface area contributed by atoms with Crippen molar-refractivity contribution in [2.75, 3.05) is 30.8 Å². The topological polar surface area (TPSA) is 9.23 Å². The standard InChI is InChI=1S/C23H44OS2/c1-11-18-22(3,4)26(9,10)24-23(5,6)25(7,8)19-17-21-15-13-20(12-2)14-16-21/h13-16H,11-12,17-19H2,1-10H3. The molecule has 0 bridgehead atoms. The molecule has 0 radical (unpaired) electrons. The van der Waals surface area contributed by atoms with Gasteiger partial charge in [-0.25, -0.2) is 10.0 Å². The maximum absolute atomic E-state index is 6.95. The fourth-order valence-electron chi connectivity index (χ4n) is 3.11. The van der Waals surface area contributed by atoms with E-state index in [2.05, 4.69) is 90.8 Å². The Balaban J connectivity index is 2.83. The molecule has 0 saturated carbocycles. The van der Waals surface area contributed by atoms with Crippen LogP contribution in [0.25, 0.3) is 0 Å². The Kier molecular flexibility index (Phi) is 8.21. The number of hydrogen-bond donors (Lipinski definition) is 0. The molecule has 0 N–H and O–H groups in total. The fraction of sp³-hybridized carbons (Fsp3) is 0.739. The first-order valence-corrected chi connectivity index (χ1v) is 15.0. The van der Waals surface area contributed by atoms with Crippen LogP contribution in [0.1, 0.15) is 65.5 Å². The lowest BCUT2D eigenvalue weighted by Gasteiger charge is -2.56. The van der Waals surface area contributed by atoms with Crippen LogP contribution in [0, 0.1) is 0 Å². The van der Waals surface area contributed by atoms with E-state index in [1.165, 1.54) is 29.7 Å². The first kappa shape index (κ1) is 23.9. The zero-order valence-corrected chi connectivity index (χ0v) is 20.7. The minimum absolute atomic E-state index is 0.0692. The van der Waals surface area contributed by atoms with Gasteiger partial charge in [0.2, 0.25) is 0 Å². The molecule has 0 heterocycles. The van der Waals surface area contributed by atoms with Gasteiger partial charge in [0.25, 0.3) is 0 Å². The molecular formula is C23H44OS2. The van der Waals surface area contributed by atoms with Crippen LogP contribution in [0.15, 0.2) is 24.3 Å². The van der Waals surface area contributed by atoms with Crippen molar-refractivity contribution in [1.29, 1.82) is 0 Å². The fourth-order valence-corrected chi connectivity index (χ4v) is 7.52. The molecule has 0 aromatic heterocycles. The molecule has 0 spiro atoms. The molecule has 0 amide bonds. The van der Waals surface area contributed by atoms with E-state index < -0.39 is 20.3 Å². The molecular weight excluding hydrogens is 356 g/mol. The van der Waals surface area contributed by atoms with Crippen LogP contribution in [-0.2, 0) is 17.0 Å². The molecule has 1 aromatic rings. The average molecular weight is 401 g/mol. The van der Waals surface area contributed by atoms with Crippen molar-refractivity contribution in [3.8, 4) is 0 Å². The van der Waals surface area contributed by atoms with E-state index in [-0.39, 0.29) is 9.68 Å². The van der Waals surface area contributed by atoms with Gasteiger partial charge in [-0.15, -0.1) is 10.3 Å². The lowest BCUT2D eigenvalue weighted by Crippen LogP contribution is -2.39. The van der Waals surface area contributed by atoms with Crippen molar-refractivity contribution in [1.82, 2.24) is 0 Å². The number of hydrogen-bond acceptors (Lipinski definition) is 1. The second kappa shape index (κ2) is 8.92. The molecule has 26 heavy (non-hydrogen) atoms. The molecule has 0 unspecified atom stereocenters.